The van der Waals surface area contributed by atoms with E-state index in [4.69, 9.17) is 10.5 Å². The number of hydrogen-bond acceptors (Lipinski definition) is 6. The van der Waals surface area contributed by atoms with Gasteiger partial charge in [0.05, 0.1) is 21.6 Å². The maximum Gasteiger partial charge on any atom is 0.410 e. The van der Waals surface area contributed by atoms with Gasteiger partial charge in [-0.3, -0.25) is 9.69 Å². The number of hydrogen-bond donors (Lipinski definition) is 2. The minimum absolute atomic E-state index is 0.0189. The van der Waals surface area contributed by atoms with E-state index in [1.807, 2.05) is 0 Å². The number of benzene rings is 1. The van der Waals surface area contributed by atoms with Crippen molar-refractivity contribution >= 4 is 27.6 Å². The summed E-state index contributed by atoms with van der Waals surface area (Å²) >= 11 is 0. The molecule has 0 spiro atoms. The zero-order valence-electron chi connectivity index (χ0n) is 17.7. The second-order valence-corrected chi connectivity index (χ2v) is 11.4. The molecule has 1 amide bonds. The van der Waals surface area contributed by atoms with Gasteiger partial charge in [0.15, 0.2) is 9.84 Å². The molecule has 3 N–H and O–H groups in total. The van der Waals surface area contributed by atoms with Crippen molar-refractivity contribution < 1.29 is 27.9 Å². The van der Waals surface area contributed by atoms with Gasteiger partial charge >= 0.3 is 12.1 Å². The Kier molecular flexibility index (Phi) is 5.96. The molecule has 1 fully saturated rings. The van der Waals surface area contributed by atoms with Gasteiger partial charge in [-0.2, -0.15) is 0 Å². The van der Waals surface area contributed by atoms with Crippen LogP contribution >= 0.6 is 0 Å². The van der Waals surface area contributed by atoms with Crippen LogP contribution < -0.4 is 5.73 Å². The first kappa shape index (κ1) is 23.0. The summed E-state index contributed by atoms with van der Waals surface area (Å²) in [5.74, 6) is -1.12. The molecule has 0 aliphatic carbocycles. The van der Waals surface area contributed by atoms with Crippen molar-refractivity contribution in [3.63, 3.8) is 0 Å². The molecule has 0 radical (unpaired) electrons. The van der Waals surface area contributed by atoms with E-state index in [2.05, 4.69) is 0 Å². The number of carboxylic acids is 1. The lowest BCUT2D eigenvalue weighted by molar-refractivity contribution is -0.149. The highest BCUT2D eigenvalue weighted by Crippen LogP contribution is 2.50. The summed E-state index contributed by atoms with van der Waals surface area (Å²) < 4.78 is 31.4. The number of nitrogen functional groups attached to an aromatic ring is 1. The molecule has 2 rings (SSSR count). The standard InChI is InChI=1S/C20H30N2O6S/c1-12(2)29(26,27)15-8-7-13(21)11-14(15)16-20(6,17(23)24)9-10-22(16)18(25)28-19(3,4)5/h7-8,11-12,16H,9-10,21H2,1-6H3,(H,23,24)/t16-,20+/m0/s1. The van der Waals surface area contributed by atoms with Crippen molar-refractivity contribution in [1.82, 2.24) is 4.90 Å². The summed E-state index contributed by atoms with van der Waals surface area (Å²) in [6.07, 6.45) is -0.537. The fraction of sp³-hybridized carbons (Fsp3) is 0.600. The zero-order chi connectivity index (χ0) is 22.4. The topological polar surface area (TPSA) is 127 Å². The number of nitrogens with zero attached hydrogens (tertiary/aromatic N) is 1. The van der Waals surface area contributed by atoms with Gasteiger partial charge in [-0.25, -0.2) is 13.2 Å². The summed E-state index contributed by atoms with van der Waals surface area (Å²) in [7, 11) is -3.75. The van der Waals surface area contributed by atoms with Gasteiger partial charge in [-0.1, -0.05) is 0 Å². The third kappa shape index (κ3) is 4.34. The Morgan fingerprint density at radius 3 is 2.38 bits per heavy atom. The molecular formula is C20H30N2O6S. The molecule has 1 aliphatic rings. The Balaban J connectivity index is 2.73. The van der Waals surface area contributed by atoms with Gasteiger partial charge in [0, 0.05) is 12.2 Å². The van der Waals surface area contributed by atoms with Crippen molar-refractivity contribution in [2.75, 3.05) is 12.3 Å². The van der Waals surface area contributed by atoms with Crippen LogP contribution in [0.5, 0.6) is 0 Å². The maximum atomic E-state index is 13.0. The van der Waals surface area contributed by atoms with Crippen LogP contribution in [0.3, 0.4) is 0 Å². The van der Waals surface area contributed by atoms with Crippen LogP contribution in [0.1, 0.15) is 59.6 Å². The summed E-state index contributed by atoms with van der Waals surface area (Å²) in [6.45, 7) is 9.86. The first-order chi connectivity index (χ1) is 13.1. The van der Waals surface area contributed by atoms with Crippen LogP contribution in [0.15, 0.2) is 23.1 Å². The normalized spacial score (nSPS) is 22.7. The molecule has 0 bridgehead atoms. The van der Waals surface area contributed by atoms with Crippen LogP contribution in [0.4, 0.5) is 10.5 Å². The van der Waals surface area contributed by atoms with Crippen molar-refractivity contribution in [2.24, 2.45) is 5.41 Å². The van der Waals surface area contributed by atoms with Gasteiger partial charge < -0.3 is 15.6 Å². The second-order valence-electron chi connectivity index (χ2n) is 8.94. The highest BCUT2D eigenvalue weighted by Gasteiger charge is 2.54. The first-order valence-electron chi connectivity index (χ1n) is 9.47. The number of carbonyl (C=O) groups excluding carboxylic acids is 1. The Bertz CT molecular complexity index is 919. The molecule has 0 unspecified atom stereocenters. The van der Waals surface area contributed by atoms with Crippen LogP contribution in [-0.2, 0) is 19.4 Å². The van der Waals surface area contributed by atoms with E-state index in [1.54, 1.807) is 34.6 Å². The van der Waals surface area contributed by atoms with Crippen molar-refractivity contribution in [2.45, 2.75) is 69.8 Å². The van der Waals surface area contributed by atoms with E-state index in [-0.39, 0.29) is 29.1 Å². The lowest BCUT2D eigenvalue weighted by atomic mass is 9.79. The Morgan fingerprint density at radius 1 is 1.31 bits per heavy atom. The molecule has 8 nitrogen and oxygen atoms in total. The third-order valence-electron chi connectivity index (χ3n) is 5.16. The number of aliphatic carboxylic acids is 1. The lowest BCUT2D eigenvalue weighted by Crippen LogP contribution is -2.41. The molecule has 162 valence electrons. The molecule has 1 saturated heterocycles. The molecule has 0 aromatic heterocycles. The minimum atomic E-state index is -3.75. The fourth-order valence-electron chi connectivity index (χ4n) is 3.51. The number of rotatable bonds is 4. The number of ether oxygens (including phenoxy) is 1. The average Bonchev–Trinajstić information content (AvgIpc) is 2.91. The number of sulfone groups is 1. The zero-order valence-corrected chi connectivity index (χ0v) is 18.5. The molecule has 2 atom stereocenters. The number of anilines is 1. The maximum absolute atomic E-state index is 13.0. The highest BCUT2D eigenvalue weighted by atomic mass is 32.2. The summed E-state index contributed by atoms with van der Waals surface area (Å²) in [5.41, 5.74) is 4.23. The summed E-state index contributed by atoms with van der Waals surface area (Å²) in [6, 6.07) is 3.25. The number of amides is 1. The molecule has 1 heterocycles. The van der Waals surface area contributed by atoms with E-state index >= 15 is 0 Å². The van der Waals surface area contributed by atoms with Crippen molar-refractivity contribution in [3.05, 3.63) is 23.8 Å². The van der Waals surface area contributed by atoms with Gasteiger partial charge in [0.2, 0.25) is 0 Å². The quantitative estimate of drug-likeness (QED) is 0.708. The number of carboxylic acid groups (broad SMARTS) is 1. The minimum Gasteiger partial charge on any atom is -0.481 e. The third-order valence-corrected chi connectivity index (χ3v) is 7.39. The molecule has 1 aromatic rings. The molecule has 1 aliphatic heterocycles. The summed E-state index contributed by atoms with van der Waals surface area (Å²) in [4.78, 5) is 26.3. The Morgan fingerprint density at radius 2 is 1.90 bits per heavy atom. The molecule has 0 saturated carbocycles. The van der Waals surface area contributed by atoms with E-state index in [1.165, 1.54) is 30.0 Å². The lowest BCUT2D eigenvalue weighted by Gasteiger charge is -2.35. The van der Waals surface area contributed by atoms with Crippen molar-refractivity contribution in [1.29, 1.82) is 0 Å². The van der Waals surface area contributed by atoms with Gasteiger partial charge in [-0.05, 0) is 71.7 Å². The Labute approximate surface area is 171 Å². The van der Waals surface area contributed by atoms with E-state index in [0.29, 0.717) is 0 Å². The van der Waals surface area contributed by atoms with Gasteiger partial charge in [0.25, 0.3) is 0 Å². The predicted octanol–water partition coefficient (Wildman–Crippen LogP) is 3.22. The van der Waals surface area contributed by atoms with Crippen LogP contribution in [-0.4, -0.2) is 47.9 Å². The van der Waals surface area contributed by atoms with Crippen LogP contribution in [0.2, 0.25) is 0 Å². The van der Waals surface area contributed by atoms with E-state index in [9.17, 15) is 23.1 Å². The van der Waals surface area contributed by atoms with Crippen LogP contribution in [0.25, 0.3) is 0 Å². The molecule has 29 heavy (non-hydrogen) atoms. The number of likely N-dealkylation sites (tertiary alicyclic amines) is 1. The van der Waals surface area contributed by atoms with E-state index in [0.717, 1.165) is 0 Å². The number of nitrogens with two attached hydrogens (primary N) is 1. The largest absolute Gasteiger partial charge is 0.481 e. The molecule has 1 aromatic carbocycles. The predicted molar refractivity (Wildman–Crippen MR) is 109 cm³/mol. The fourth-order valence-corrected chi connectivity index (χ4v) is 4.77. The van der Waals surface area contributed by atoms with Gasteiger partial charge in [-0.15, -0.1) is 0 Å². The monoisotopic (exact) mass is 426 g/mol. The molecule has 9 heteroatoms. The highest BCUT2D eigenvalue weighted by molar-refractivity contribution is 7.92. The first-order valence-corrected chi connectivity index (χ1v) is 11.0. The average molecular weight is 427 g/mol. The molecular weight excluding hydrogens is 396 g/mol. The number of carbonyl (C=O) groups is 2. The Hall–Kier alpha value is -2.29. The second kappa shape index (κ2) is 7.51. The SMILES string of the molecule is CC(C)S(=O)(=O)c1ccc(N)cc1[C@@H]1N(C(=O)OC(C)(C)C)CC[C@@]1(C)C(=O)O. The van der Waals surface area contributed by atoms with E-state index < -0.39 is 44.2 Å². The van der Waals surface area contributed by atoms with Crippen LogP contribution in [0, 0.1) is 5.41 Å². The van der Waals surface area contributed by atoms with Gasteiger partial charge in [0.1, 0.15) is 5.60 Å². The summed E-state index contributed by atoms with van der Waals surface area (Å²) in [5, 5.41) is 9.22. The van der Waals surface area contributed by atoms with Crippen molar-refractivity contribution in [3.8, 4) is 0 Å². The smallest absolute Gasteiger partial charge is 0.410 e.